The molecule has 122 valence electrons. The van der Waals surface area contributed by atoms with Crippen LogP contribution >= 0.6 is 0 Å². The van der Waals surface area contributed by atoms with Gasteiger partial charge in [-0.1, -0.05) is 12.1 Å². The van der Waals surface area contributed by atoms with E-state index >= 15 is 0 Å². The number of amides is 1. The zero-order valence-corrected chi connectivity index (χ0v) is 12.8. The molecule has 0 fully saturated rings. The lowest BCUT2D eigenvalue weighted by Gasteiger charge is -2.12. The van der Waals surface area contributed by atoms with Crippen molar-refractivity contribution in [2.24, 2.45) is 0 Å². The number of carbonyl (C=O) groups excluding carboxylic acids is 1. The predicted molar refractivity (Wildman–Crippen MR) is 83.0 cm³/mol. The van der Waals surface area contributed by atoms with Crippen LogP contribution < -0.4 is 10.1 Å². The number of nitrogens with zero attached hydrogens (tertiary/aromatic N) is 2. The third kappa shape index (κ3) is 5.65. The topological polar surface area (TPSA) is 93.6 Å². The smallest absolute Gasteiger partial charge is 0.271 e. The van der Waals surface area contributed by atoms with Crippen LogP contribution in [-0.4, -0.2) is 47.3 Å². The van der Waals surface area contributed by atoms with Gasteiger partial charge in [-0.05, 0) is 17.7 Å². The Morgan fingerprint density at radius 2 is 2.09 bits per heavy atom. The van der Waals surface area contributed by atoms with Gasteiger partial charge in [0, 0.05) is 18.9 Å². The molecule has 2 rings (SSSR count). The molecule has 2 N–H and O–H groups in total. The van der Waals surface area contributed by atoms with Crippen LogP contribution in [0.2, 0.25) is 0 Å². The van der Waals surface area contributed by atoms with E-state index in [4.69, 9.17) is 9.47 Å². The van der Waals surface area contributed by atoms with E-state index in [1.165, 1.54) is 18.6 Å². The highest BCUT2D eigenvalue weighted by atomic mass is 16.5. The number of aliphatic hydroxyl groups excluding tert-OH is 1. The molecular formula is C16H19N3O4. The Kier molecular flexibility index (Phi) is 6.46. The molecule has 1 aromatic heterocycles. The van der Waals surface area contributed by atoms with Crippen LogP contribution in [0.3, 0.4) is 0 Å². The van der Waals surface area contributed by atoms with Crippen molar-refractivity contribution in [3.05, 3.63) is 54.1 Å². The summed E-state index contributed by atoms with van der Waals surface area (Å²) in [5, 5.41) is 12.4. The number of hydrogen-bond acceptors (Lipinski definition) is 6. The third-order valence-corrected chi connectivity index (χ3v) is 3.03. The van der Waals surface area contributed by atoms with Crippen LogP contribution in [0.5, 0.6) is 5.75 Å². The fourth-order valence-corrected chi connectivity index (χ4v) is 1.81. The number of rotatable bonds is 8. The summed E-state index contributed by atoms with van der Waals surface area (Å²) in [5.74, 6) is 0.396. The molecule has 0 aliphatic rings. The van der Waals surface area contributed by atoms with Crippen molar-refractivity contribution in [2.75, 3.05) is 20.3 Å². The number of ether oxygens (including phenoxy) is 2. The molecule has 23 heavy (non-hydrogen) atoms. The molecule has 0 spiro atoms. The lowest BCUT2D eigenvalue weighted by molar-refractivity contribution is 0.0284. The molecule has 7 nitrogen and oxygen atoms in total. The minimum absolute atomic E-state index is 0.0814. The van der Waals surface area contributed by atoms with Crippen molar-refractivity contribution >= 4 is 5.91 Å². The second-order valence-corrected chi connectivity index (χ2v) is 4.82. The maximum atomic E-state index is 11.7. The van der Waals surface area contributed by atoms with E-state index in [0.717, 1.165) is 11.3 Å². The molecule has 0 unspecified atom stereocenters. The van der Waals surface area contributed by atoms with Crippen molar-refractivity contribution < 1.29 is 19.4 Å². The first kappa shape index (κ1) is 16.9. The molecule has 0 radical (unpaired) electrons. The van der Waals surface area contributed by atoms with Gasteiger partial charge in [-0.3, -0.25) is 9.78 Å². The standard InChI is InChI=1S/C16H19N3O4/c1-22-14-4-2-12(3-5-14)10-23-11-13(20)8-19-16(21)15-9-17-6-7-18-15/h2-7,9,13,20H,8,10-11H2,1H3,(H,19,21)/t13-/m0/s1. The molecule has 0 saturated heterocycles. The Labute approximate surface area is 134 Å². The number of hydrogen-bond donors (Lipinski definition) is 2. The average molecular weight is 317 g/mol. The van der Waals surface area contributed by atoms with Crippen LogP contribution in [0.1, 0.15) is 16.1 Å². The van der Waals surface area contributed by atoms with E-state index in [1.54, 1.807) is 7.11 Å². The van der Waals surface area contributed by atoms with E-state index in [1.807, 2.05) is 24.3 Å². The van der Waals surface area contributed by atoms with Gasteiger partial charge in [0.15, 0.2) is 0 Å². The van der Waals surface area contributed by atoms with Gasteiger partial charge in [0.2, 0.25) is 0 Å². The van der Waals surface area contributed by atoms with E-state index in [-0.39, 0.29) is 24.8 Å². The zero-order chi connectivity index (χ0) is 16.5. The Balaban J connectivity index is 1.66. The first-order chi connectivity index (χ1) is 11.2. The second kappa shape index (κ2) is 8.82. The summed E-state index contributed by atoms with van der Waals surface area (Å²) in [6.45, 7) is 0.573. The van der Waals surface area contributed by atoms with Gasteiger partial charge in [-0.15, -0.1) is 0 Å². The lowest BCUT2D eigenvalue weighted by atomic mass is 10.2. The van der Waals surface area contributed by atoms with Crippen molar-refractivity contribution in [3.8, 4) is 5.75 Å². The largest absolute Gasteiger partial charge is 0.497 e. The molecule has 0 aliphatic heterocycles. The van der Waals surface area contributed by atoms with Crippen LogP contribution in [0, 0.1) is 0 Å². The number of aromatic nitrogens is 2. The minimum Gasteiger partial charge on any atom is -0.497 e. The van der Waals surface area contributed by atoms with Gasteiger partial charge in [0.05, 0.1) is 32.6 Å². The van der Waals surface area contributed by atoms with Crippen LogP contribution in [0.4, 0.5) is 0 Å². The summed E-state index contributed by atoms with van der Waals surface area (Å²) in [6, 6.07) is 7.47. The number of aliphatic hydroxyl groups is 1. The maximum absolute atomic E-state index is 11.7. The molecule has 1 heterocycles. The SMILES string of the molecule is COc1ccc(COC[C@@H](O)CNC(=O)c2cnccn2)cc1. The molecule has 1 amide bonds. The Bertz CT molecular complexity index is 604. The molecular weight excluding hydrogens is 298 g/mol. The molecule has 7 heteroatoms. The summed E-state index contributed by atoms with van der Waals surface area (Å²) < 4.78 is 10.5. The van der Waals surface area contributed by atoms with Crippen molar-refractivity contribution in [3.63, 3.8) is 0 Å². The highest BCUT2D eigenvalue weighted by Gasteiger charge is 2.10. The second-order valence-electron chi connectivity index (χ2n) is 4.82. The van der Waals surface area contributed by atoms with Crippen LogP contribution in [0.25, 0.3) is 0 Å². The van der Waals surface area contributed by atoms with E-state index < -0.39 is 6.10 Å². The first-order valence-corrected chi connectivity index (χ1v) is 7.12. The summed E-state index contributed by atoms with van der Waals surface area (Å²) >= 11 is 0. The summed E-state index contributed by atoms with van der Waals surface area (Å²) in [7, 11) is 1.61. The zero-order valence-electron chi connectivity index (χ0n) is 12.8. The fraction of sp³-hybridized carbons (Fsp3) is 0.312. The summed E-state index contributed by atoms with van der Waals surface area (Å²) in [4.78, 5) is 19.4. The van der Waals surface area contributed by atoms with Crippen LogP contribution in [0.15, 0.2) is 42.9 Å². The average Bonchev–Trinajstić information content (AvgIpc) is 2.61. The van der Waals surface area contributed by atoms with E-state index in [0.29, 0.717) is 6.61 Å². The molecule has 0 bridgehead atoms. The minimum atomic E-state index is -0.797. The maximum Gasteiger partial charge on any atom is 0.271 e. The number of nitrogens with one attached hydrogen (secondary N) is 1. The molecule has 1 atom stereocenters. The fourth-order valence-electron chi connectivity index (χ4n) is 1.81. The quantitative estimate of drug-likeness (QED) is 0.748. The highest BCUT2D eigenvalue weighted by Crippen LogP contribution is 2.11. The normalized spacial score (nSPS) is 11.7. The number of benzene rings is 1. The van der Waals surface area contributed by atoms with Gasteiger partial charge in [0.25, 0.3) is 5.91 Å². The molecule has 1 aromatic carbocycles. The summed E-state index contributed by atoms with van der Waals surface area (Å²) in [5.41, 5.74) is 1.18. The Hall–Kier alpha value is -2.51. The number of carbonyl (C=O) groups is 1. The third-order valence-electron chi connectivity index (χ3n) is 3.03. The summed E-state index contributed by atoms with van der Waals surface area (Å²) in [6.07, 6.45) is 3.48. The lowest BCUT2D eigenvalue weighted by Crippen LogP contribution is -2.35. The van der Waals surface area contributed by atoms with Gasteiger partial charge >= 0.3 is 0 Å². The Morgan fingerprint density at radius 1 is 1.30 bits per heavy atom. The monoisotopic (exact) mass is 317 g/mol. The van der Waals surface area contributed by atoms with Gasteiger partial charge in [-0.25, -0.2) is 4.98 Å². The van der Waals surface area contributed by atoms with Gasteiger partial charge in [0.1, 0.15) is 11.4 Å². The van der Waals surface area contributed by atoms with Gasteiger partial charge in [-0.2, -0.15) is 0 Å². The van der Waals surface area contributed by atoms with Crippen LogP contribution in [-0.2, 0) is 11.3 Å². The first-order valence-electron chi connectivity index (χ1n) is 7.12. The molecule has 2 aromatic rings. The predicted octanol–water partition coefficient (Wildman–Crippen LogP) is 0.793. The van der Waals surface area contributed by atoms with Crippen molar-refractivity contribution in [1.82, 2.24) is 15.3 Å². The van der Waals surface area contributed by atoms with Crippen molar-refractivity contribution in [2.45, 2.75) is 12.7 Å². The van der Waals surface area contributed by atoms with Crippen molar-refractivity contribution in [1.29, 1.82) is 0 Å². The number of methoxy groups -OCH3 is 1. The molecule has 0 saturated carbocycles. The van der Waals surface area contributed by atoms with E-state index in [9.17, 15) is 9.90 Å². The van der Waals surface area contributed by atoms with E-state index in [2.05, 4.69) is 15.3 Å². The van der Waals surface area contributed by atoms with Gasteiger partial charge < -0.3 is 19.9 Å². The Morgan fingerprint density at radius 3 is 2.74 bits per heavy atom. The highest BCUT2D eigenvalue weighted by molar-refractivity contribution is 5.91. The molecule has 0 aliphatic carbocycles.